The largest absolute Gasteiger partial charge is 0.485 e. The van der Waals surface area contributed by atoms with Gasteiger partial charge in [0.05, 0.1) is 0 Å². The van der Waals surface area contributed by atoms with Gasteiger partial charge in [-0.3, -0.25) is 4.79 Å². The molecule has 1 unspecified atom stereocenters. The van der Waals surface area contributed by atoms with Gasteiger partial charge in [-0.2, -0.15) is 0 Å². The average Bonchev–Trinajstić information content (AvgIpc) is 2.61. The van der Waals surface area contributed by atoms with Gasteiger partial charge in [0.25, 0.3) is 5.91 Å². The zero-order chi connectivity index (χ0) is 15.6. The van der Waals surface area contributed by atoms with Crippen molar-refractivity contribution in [3.63, 3.8) is 0 Å². The fourth-order valence-corrected chi connectivity index (χ4v) is 2.92. The van der Waals surface area contributed by atoms with Gasteiger partial charge in [0.2, 0.25) is 6.10 Å². The number of hydrogen-bond donors (Lipinski definition) is 2. The minimum absolute atomic E-state index is 0. The van der Waals surface area contributed by atoms with Crippen molar-refractivity contribution >= 4 is 29.7 Å². The van der Waals surface area contributed by atoms with Crippen molar-refractivity contribution in [1.29, 1.82) is 0 Å². The molecule has 0 bridgehead atoms. The lowest BCUT2D eigenvalue weighted by molar-refractivity contribution is -0.125. The lowest BCUT2D eigenvalue weighted by atomic mass is 10.0. The Bertz CT molecular complexity index is 751. The van der Waals surface area contributed by atoms with E-state index in [4.69, 9.17) is 9.47 Å². The summed E-state index contributed by atoms with van der Waals surface area (Å²) in [5, 5.41) is 6.28. The summed E-state index contributed by atoms with van der Waals surface area (Å²) in [7, 11) is 0. The van der Waals surface area contributed by atoms with Gasteiger partial charge in [-0.05, 0) is 48.7 Å². The van der Waals surface area contributed by atoms with Crippen molar-refractivity contribution in [3.05, 3.63) is 48.0 Å². The number of anilines is 2. The maximum absolute atomic E-state index is 12.4. The van der Waals surface area contributed by atoms with Crippen LogP contribution in [0, 0.1) is 0 Å². The molecule has 5 nitrogen and oxygen atoms in total. The second kappa shape index (κ2) is 7.01. The minimum Gasteiger partial charge on any atom is -0.485 e. The van der Waals surface area contributed by atoms with E-state index in [9.17, 15) is 4.79 Å². The number of para-hydroxylation sites is 2. The third kappa shape index (κ3) is 3.26. The van der Waals surface area contributed by atoms with Crippen molar-refractivity contribution < 1.29 is 14.3 Å². The van der Waals surface area contributed by atoms with Gasteiger partial charge in [-0.1, -0.05) is 12.1 Å². The van der Waals surface area contributed by atoms with Crippen LogP contribution in [0.2, 0.25) is 0 Å². The second-order valence-corrected chi connectivity index (χ2v) is 5.76. The third-order valence-electron chi connectivity index (χ3n) is 4.11. The number of hydrogen-bond acceptors (Lipinski definition) is 4. The van der Waals surface area contributed by atoms with Crippen LogP contribution >= 0.6 is 12.4 Å². The summed E-state index contributed by atoms with van der Waals surface area (Å²) in [6.45, 7) is 1.22. The van der Waals surface area contributed by atoms with Crippen molar-refractivity contribution in [2.75, 3.05) is 23.8 Å². The van der Waals surface area contributed by atoms with Crippen LogP contribution in [0.25, 0.3) is 0 Å². The van der Waals surface area contributed by atoms with E-state index in [0.29, 0.717) is 11.5 Å². The number of amides is 1. The summed E-state index contributed by atoms with van der Waals surface area (Å²) in [6, 6.07) is 13.3. The summed E-state index contributed by atoms with van der Waals surface area (Å²) in [4.78, 5) is 12.4. The highest BCUT2D eigenvalue weighted by Crippen LogP contribution is 2.31. The number of aryl methyl sites for hydroxylation is 1. The second-order valence-electron chi connectivity index (χ2n) is 5.76. The van der Waals surface area contributed by atoms with E-state index in [2.05, 4.69) is 10.6 Å². The van der Waals surface area contributed by atoms with Crippen LogP contribution in [-0.2, 0) is 11.2 Å². The Hall–Kier alpha value is -2.40. The molecule has 6 heteroatoms. The molecule has 1 atom stereocenters. The van der Waals surface area contributed by atoms with E-state index in [0.717, 1.165) is 30.8 Å². The SMILES string of the molecule is Cl.O=C(Nc1ccc2c(c1)CCCN2)C1COc2ccccc2O1. The van der Waals surface area contributed by atoms with E-state index in [1.54, 1.807) is 6.07 Å². The first-order valence-electron chi connectivity index (χ1n) is 7.86. The topological polar surface area (TPSA) is 59.6 Å². The Balaban J connectivity index is 0.00000169. The van der Waals surface area contributed by atoms with Gasteiger partial charge >= 0.3 is 0 Å². The summed E-state index contributed by atoms with van der Waals surface area (Å²) in [5.41, 5.74) is 3.18. The zero-order valence-corrected chi connectivity index (χ0v) is 13.9. The molecule has 0 saturated carbocycles. The van der Waals surface area contributed by atoms with Crippen molar-refractivity contribution in [2.24, 2.45) is 0 Å². The van der Waals surface area contributed by atoms with Crippen molar-refractivity contribution in [2.45, 2.75) is 18.9 Å². The molecule has 24 heavy (non-hydrogen) atoms. The highest BCUT2D eigenvalue weighted by Gasteiger charge is 2.27. The van der Waals surface area contributed by atoms with Crippen molar-refractivity contribution in [1.82, 2.24) is 0 Å². The van der Waals surface area contributed by atoms with E-state index < -0.39 is 6.10 Å². The minimum atomic E-state index is -0.640. The highest BCUT2D eigenvalue weighted by molar-refractivity contribution is 5.95. The Morgan fingerprint density at radius 2 is 2.00 bits per heavy atom. The smallest absolute Gasteiger partial charge is 0.269 e. The zero-order valence-electron chi connectivity index (χ0n) is 13.1. The van der Waals surface area contributed by atoms with Crippen LogP contribution in [0.1, 0.15) is 12.0 Å². The molecule has 2 aromatic carbocycles. The van der Waals surface area contributed by atoms with Crippen LogP contribution in [0.4, 0.5) is 11.4 Å². The number of rotatable bonds is 2. The van der Waals surface area contributed by atoms with E-state index in [-0.39, 0.29) is 24.9 Å². The molecule has 2 aromatic rings. The van der Waals surface area contributed by atoms with Gasteiger partial charge in [0.15, 0.2) is 11.5 Å². The normalized spacial score (nSPS) is 17.8. The maximum Gasteiger partial charge on any atom is 0.269 e. The fraction of sp³-hybridized carbons (Fsp3) is 0.278. The van der Waals surface area contributed by atoms with E-state index in [1.807, 2.05) is 36.4 Å². The Morgan fingerprint density at radius 1 is 1.17 bits per heavy atom. The molecule has 4 rings (SSSR count). The maximum atomic E-state index is 12.4. The van der Waals surface area contributed by atoms with Crippen LogP contribution in [-0.4, -0.2) is 25.2 Å². The Morgan fingerprint density at radius 3 is 2.88 bits per heavy atom. The quantitative estimate of drug-likeness (QED) is 0.876. The highest BCUT2D eigenvalue weighted by atomic mass is 35.5. The molecule has 126 valence electrons. The molecule has 2 N–H and O–H groups in total. The first-order chi connectivity index (χ1) is 11.3. The van der Waals surface area contributed by atoms with Gasteiger partial charge in [-0.25, -0.2) is 0 Å². The molecule has 1 amide bonds. The van der Waals surface area contributed by atoms with Crippen molar-refractivity contribution in [3.8, 4) is 11.5 Å². The molecule has 2 aliphatic heterocycles. The van der Waals surface area contributed by atoms with E-state index in [1.165, 1.54) is 5.56 Å². The molecule has 2 aliphatic rings. The number of ether oxygens (including phenoxy) is 2. The monoisotopic (exact) mass is 346 g/mol. The first-order valence-corrected chi connectivity index (χ1v) is 7.86. The number of nitrogens with one attached hydrogen (secondary N) is 2. The lowest BCUT2D eigenvalue weighted by Crippen LogP contribution is -2.40. The van der Waals surface area contributed by atoms with E-state index >= 15 is 0 Å². The summed E-state index contributed by atoms with van der Waals surface area (Å²) in [6.07, 6.45) is 1.50. The molecular weight excluding hydrogens is 328 g/mol. The third-order valence-corrected chi connectivity index (χ3v) is 4.11. The van der Waals surface area contributed by atoms with Gasteiger partial charge in [-0.15, -0.1) is 12.4 Å². The number of carbonyl (C=O) groups is 1. The molecular formula is C18H19ClN2O3. The molecule has 0 aromatic heterocycles. The predicted molar refractivity (Wildman–Crippen MR) is 95.5 cm³/mol. The standard InChI is InChI=1S/C18H18N2O3.ClH/c21-18(17-11-22-15-5-1-2-6-16(15)23-17)20-13-7-8-14-12(10-13)4-3-9-19-14;/h1-2,5-8,10,17,19H,3-4,9,11H2,(H,20,21);1H. The number of carbonyl (C=O) groups excluding carboxylic acids is 1. The Kier molecular flexibility index (Phi) is 4.81. The van der Waals surface area contributed by atoms with Crippen LogP contribution in [0.3, 0.4) is 0 Å². The number of fused-ring (bicyclic) bond motifs is 2. The van der Waals surface area contributed by atoms with Crippen LogP contribution in [0.15, 0.2) is 42.5 Å². The molecule has 0 radical (unpaired) electrons. The number of benzene rings is 2. The average molecular weight is 347 g/mol. The molecule has 2 heterocycles. The predicted octanol–water partition coefficient (Wildman–Crippen LogP) is 3.25. The Labute approximate surface area is 146 Å². The van der Waals surface area contributed by atoms with Crippen LogP contribution < -0.4 is 20.1 Å². The first kappa shape index (κ1) is 16.5. The molecule has 0 aliphatic carbocycles. The van der Waals surface area contributed by atoms with Crippen LogP contribution in [0.5, 0.6) is 11.5 Å². The molecule has 0 fully saturated rings. The summed E-state index contributed by atoms with van der Waals surface area (Å²) >= 11 is 0. The lowest BCUT2D eigenvalue weighted by Gasteiger charge is -2.26. The summed E-state index contributed by atoms with van der Waals surface area (Å²) in [5.74, 6) is 1.09. The summed E-state index contributed by atoms with van der Waals surface area (Å²) < 4.78 is 11.3. The molecule has 0 saturated heterocycles. The van der Waals surface area contributed by atoms with Gasteiger partial charge in [0, 0.05) is 17.9 Å². The van der Waals surface area contributed by atoms with Gasteiger partial charge < -0.3 is 20.1 Å². The van der Waals surface area contributed by atoms with Gasteiger partial charge in [0.1, 0.15) is 6.61 Å². The fourth-order valence-electron chi connectivity index (χ4n) is 2.92. The number of halogens is 1. The molecule has 0 spiro atoms.